The number of rotatable bonds is 4. The molecule has 0 fully saturated rings. The first-order valence-electron chi connectivity index (χ1n) is 7.60. The van der Waals surface area contributed by atoms with E-state index >= 15 is 0 Å². The summed E-state index contributed by atoms with van der Waals surface area (Å²) in [5.74, 6) is 0.720. The number of hydrogen-bond donors (Lipinski definition) is 1. The zero-order valence-corrected chi connectivity index (χ0v) is 14.4. The third kappa shape index (κ3) is 4.37. The first kappa shape index (κ1) is 18.3. The average molecular weight is 385 g/mol. The highest BCUT2D eigenvalue weighted by molar-refractivity contribution is 8.00. The van der Waals surface area contributed by atoms with Crippen molar-refractivity contribution in [2.45, 2.75) is 23.5 Å². The van der Waals surface area contributed by atoms with E-state index in [9.17, 15) is 18.0 Å². The summed E-state index contributed by atoms with van der Waals surface area (Å²) in [6.45, 7) is 2.44. The Morgan fingerprint density at radius 3 is 2.69 bits per heavy atom. The van der Waals surface area contributed by atoms with Crippen LogP contribution < -0.4 is 14.8 Å². The Bertz CT molecular complexity index is 817. The topological polar surface area (TPSA) is 73.3 Å². The summed E-state index contributed by atoms with van der Waals surface area (Å²) in [7, 11) is 0. The van der Waals surface area contributed by atoms with Gasteiger partial charge in [-0.05, 0) is 25.1 Å². The first-order chi connectivity index (χ1) is 12.3. The Morgan fingerprint density at radius 1 is 1.23 bits per heavy atom. The van der Waals surface area contributed by atoms with Gasteiger partial charge in [-0.2, -0.15) is 13.2 Å². The van der Waals surface area contributed by atoms with Crippen LogP contribution in [0.2, 0.25) is 0 Å². The van der Waals surface area contributed by atoms with Crippen LogP contribution in [0.25, 0.3) is 0 Å². The van der Waals surface area contributed by atoms with Crippen LogP contribution in [0.3, 0.4) is 0 Å². The number of thioether (sulfide) groups is 1. The van der Waals surface area contributed by atoms with Gasteiger partial charge in [-0.3, -0.25) is 4.79 Å². The molecule has 1 aromatic heterocycles. The molecule has 0 saturated carbocycles. The molecule has 1 aliphatic heterocycles. The van der Waals surface area contributed by atoms with Gasteiger partial charge in [0.15, 0.2) is 16.7 Å². The molecular formula is C16H14F3N3O3S. The van der Waals surface area contributed by atoms with Gasteiger partial charge in [-0.15, -0.1) is 0 Å². The van der Waals surface area contributed by atoms with Gasteiger partial charge in [0, 0.05) is 18.0 Å². The van der Waals surface area contributed by atoms with Gasteiger partial charge in [-0.25, -0.2) is 9.97 Å². The average Bonchev–Trinajstić information content (AvgIpc) is 2.61. The molecule has 1 N–H and O–H groups in total. The Morgan fingerprint density at radius 2 is 1.96 bits per heavy atom. The predicted octanol–water partition coefficient (Wildman–Crippen LogP) is 3.39. The van der Waals surface area contributed by atoms with Crippen molar-refractivity contribution in [3.8, 4) is 11.5 Å². The molecule has 0 bridgehead atoms. The molecule has 0 aliphatic carbocycles. The minimum absolute atomic E-state index is 0.121. The molecule has 2 aromatic rings. The fourth-order valence-corrected chi connectivity index (χ4v) is 2.89. The number of nitrogens with zero attached hydrogens (tertiary/aromatic N) is 2. The molecule has 138 valence electrons. The maximum Gasteiger partial charge on any atom is 0.433 e. The summed E-state index contributed by atoms with van der Waals surface area (Å²) in [6, 6.07) is 5.75. The molecule has 3 rings (SSSR count). The number of halogens is 3. The van der Waals surface area contributed by atoms with Crippen LogP contribution in [0.5, 0.6) is 11.5 Å². The third-order valence-electron chi connectivity index (χ3n) is 3.39. The Kier molecular flexibility index (Phi) is 5.21. The lowest BCUT2D eigenvalue weighted by Gasteiger charge is -2.19. The van der Waals surface area contributed by atoms with Crippen LogP contribution in [0.4, 0.5) is 18.9 Å². The first-order valence-corrected chi connectivity index (χ1v) is 8.48. The van der Waals surface area contributed by atoms with Crippen LogP contribution in [-0.4, -0.2) is 34.3 Å². The van der Waals surface area contributed by atoms with Gasteiger partial charge >= 0.3 is 6.18 Å². The molecule has 1 aromatic carbocycles. The molecule has 0 unspecified atom stereocenters. The fraction of sp³-hybridized carbons (Fsp3) is 0.312. The number of nitrogens with one attached hydrogen (secondary N) is 1. The number of carbonyl (C=O) groups is 1. The van der Waals surface area contributed by atoms with E-state index in [-0.39, 0.29) is 5.16 Å². The van der Waals surface area contributed by atoms with Crippen LogP contribution in [0, 0.1) is 0 Å². The number of aromatic nitrogens is 2. The van der Waals surface area contributed by atoms with E-state index in [1.807, 2.05) is 0 Å². The number of hydrogen-bond acceptors (Lipinski definition) is 6. The van der Waals surface area contributed by atoms with E-state index in [0.717, 1.165) is 24.0 Å². The molecular weight excluding hydrogens is 371 g/mol. The molecule has 6 nitrogen and oxygen atoms in total. The lowest BCUT2D eigenvalue weighted by molar-refractivity contribution is -0.141. The van der Waals surface area contributed by atoms with Crippen molar-refractivity contribution in [2.75, 3.05) is 18.5 Å². The molecule has 10 heteroatoms. The van der Waals surface area contributed by atoms with E-state index < -0.39 is 23.0 Å². The molecule has 0 radical (unpaired) electrons. The van der Waals surface area contributed by atoms with Crippen molar-refractivity contribution in [3.05, 3.63) is 36.2 Å². The highest BCUT2D eigenvalue weighted by Gasteiger charge is 2.33. The lowest BCUT2D eigenvalue weighted by Crippen LogP contribution is -2.23. The summed E-state index contributed by atoms with van der Waals surface area (Å²) in [6.07, 6.45) is -3.54. The maximum absolute atomic E-state index is 12.7. The summed E-state index contributed by atoms with van der Waals surface area (Å²) in [5.41, 5.74) is -0.550. The largest absolute Gasteiger partial charge is 0.486 e. The number of carbonyl (C=O) groups excluding carboxylic acids is 1. The molecule has 0 saturated heterocycles. The highest BCUT2D eigenvalue weighted by atomic mass is 32.2. The van der Waals surface area contributed by atoms with E-state index in [1.54, 1.807) is 25.1 Å². The standard InChI is InChI=1S/C16H14F3N3O3S/c1-9(26-15-20-5-4-13(22-15)16(17,18)19)14(23)21-10-2-3-11-12(8-10)25-7-6-24-11/h2-5,8-9H,6-7H2,1H3,(H,21,23)/t9-/m1/s1. The van der Waals surface area contributed by atoms with Crippen molar-refractivity contribution >= 4 is 23.4 Å². The minimum atomic E-state index is -4.56. The number of benzene rings is 1. The second kappa shape index (κ2) is 7.40. The third-order valence-corrected chi connectivity index (χ3v) is 4.36. The van der Waals surface area contributed by atoms with E-state index in [0.29, 0.717) is 30.4 Å². The van der Waals surface area contributed by atoms with Gasteiger partial charge < -0.3 is 14.8 Å². The van der Waals surface area contributed by atoms with Gasteiger partial charge in [0.25, 0.3) is 0 Å². The Balaban J connectivity index is 1.65. The maximum atomic E-state index is 12.7. The van der Waals surface area contributed by atoms with Gasteiger partial charge in [-0.1, -0.05) is 11.8 Å². The van der Waals surface area contributed by atoms with E-state index in [1.165, 1.54) is 0 Å². The fourth-order valence-electron chi connectivity index (χ4n) is 2.13. The summed E-state index contributed by atoms with van der Waals surface area (Å²) < 4.78 is 48.9. The number of anilines is 1. The predicted molar refractivity (Wildman–Crippen MR) is 88.4 cm³/mol. The van der Waals surface area contributed by atoms with Crippen molar-refractivity contribution in [1.82, 2.24) is 9.97 Å². The zero-order chi connectivity index (χ0) is 18.7. The number of fused-ring (bicyclic) bond motifs is 1. The van der Waals surface area contributed by atoms with Crippen LogP contribution in [0.15, 0.2) is 35.6 Å². The second-order valence-corrected chi connectivity index (χ2v) is 6.64. The van der Waals surface area contributed by atoms with Crippen LogP contribution >= 0.6 is 11.8 Å². The summed E-state index contributed by atoms with van der Waals surface area (Å²) in [4.78, 5) is 19.5. The minimum Gasteiger partial charge on any atom is -0.486 e. The molecule has 1 amide bonds. The number of ether oxygens (including phenoxy) is 2. The van der Waals surface area contributed by atoms with Crippen molar-refractivity contribution in [3.63, 3.8) is 0 Å². The number of amides is 1. The number of alkyl halides is 3. The van der Waals surface area contributed by atoms with Gasteiger partial charge in [0.1, 0.15) is 18.9 Å². The summed E-state index contributed by atoms with van der Waals surface area (Å²) >= 11 is 0.840. The van der Waals surface area contributed by atoms with Crippen molar-refractivity contribution in [1.29, 1.82) is 0 Å². The molecule has 2 heterocycles. The Labute approximate surface area is 151 Å². The van der Waals surface area contributed by atoms with E-state index in [2.05, 4.69) is 15.3 Å². The highest BCUT2D eigenvalue weighted by Crippen LogP contribution is 2.33. The summed E-state index contributed by atoms with van der Waals surface area (Å²) in [5, 5.41) is 1.86. The quantitative estimate of drug-likeness (QED) is 0.643. The normalized spacial score (nSPS) is 14.6. The monoisotopic (exact) mass is 385 g/mol. The molecule has 0 spiro atoms. The van der Waals surface area contributed by atoms with E-state index in [4.69, 9.17) is 9.47 Å². The molecule has 26 heavy (non-hydrogen) atoms. The van der Waals surface area contributed by atoms with Crippen LogP contribution in [0.1, 0.15) is 12.6 Å². The zero-order valence-electron chi connectivity index (χ0n) is 13.5. The van der Waals surface area contributed by atoms with Crippen molar-refractivity contribution in [2.24, 2.45) is 0 Å². The second-order valence-electron chi connectivity index (χ2n) is 5.33. The van der Waals surface area contributed by atoms with Crippen molar-refractivity contribution < 1.29 is 27.4 Å². The van der Waals surface area contributed by atoms with Crippen LogP contribution in [-0.2, 0) is 11.0 Å². The van der Waals surface area contributed by atoms with Gasteiger partial charge in [0.05, 0.1) is 5.25 Å². The lowest BCUT2D eigenvalue weighted by atomic mass is 10.2. The smallest absolute Gasteiger partial charge is 0.433 e. The molecule has 1 aliphatic rings. The van der Waals surface area contributed by atoms with Gasteiger partial charge in [0.2, 0.25) is 5.91 Å². The SMILES string of the molecule is C[C@@H](Sc1nccc(C(F)(F)F)n1)C(=O)Nc1ccc2c(c1)OCCO2. The molecule has 1 atom stereocenters. The Hall–Kier alpha value is -2.49.